The Labute approximate surface area is 142 Å². The molecule has 0 N–H and O–H groups in total. The van der Waals surface area contributed by atoms with Crippen molar-refractivity contribution < 1.29 is 19.0 Å². The molecular weight excluding hydrogens is 308 g/mol. The standard InChI is InChI=1S/C18H24N2O4/c21-17-20(16(13-22-17)12-15-4-2-1-3-5-15)14-19-8-6-18(7-9-19)23-10-11-24-18/h1-5,16H,6-14H2/t16-/m0/s1. The van der Waals surface area contributed by atoms with Crippen molar-refractivity contribution in [2.45, 2.75) is 31.1 Å². The monoisotopic (exact) mass is 332 g/mol. The highest BCUT2D eigenvalue weighted by Gasteiger charge is 2.41. The molecule has 6 heteroatoms. The molecule has 0 aliphatic carbocycles. The summed E-state index contributed by atoms with van der Waals surface area (Å²) in [5.74, 6) is -0.370. The molecule has 0 aromatic heterocycles. The molecule has 130 valence electrons. The highest BCUT2D eigenvalue weighted by Crippen LogP contribution is 2.31. The van der Waals surface area contributed by atoms with Crippen LogP contribution in [0.2, 0.25) is 0 Å². The Bertz CT molecular complexity index is 564. The molecule has 3 aliphatic rings. The number of hydrogen-bond donors (Lipinski definition) is 0. The quantitative estimate of drug-likeness (QED) is 0.842. The summed E-state index contributed by atoms with van der Waals surface area (Å²) in [5.41, 5.74) is 1.23. The number of amides is 1. The third-order valence-corrected chi connectivity index (χ3v) is 5.17. The maximum Gasteiger partial charge on any atom is 0.411 e. The van der Waals surface area contributed by atoms with Gasteiger partial charge in [0.15, 0.2) is 5.79 Å². The number of hydrogen-bond acceptors (Lipinski definition) is 5. The van der Waals surface area contributed by atoms with E-state index in [2.05, 4.69) is 17.0 Å². The van der Waals surface area contributed by atoms with Gasteiger partial charge in [-0.3, -0.25) is 9.80 Å². The summed E-state index contributed by atoms with van der Waals surface area (Å²) < 4.78 is 16.8. The maximum absolute atomic E-state index is 12.1. The van der Waals surface area contributed by atoms with Gasteiger partial charge in [0, 0.05) is 25.9 Å². The van der Waals surface area contributed by atoms with Gasteiger partial charge in [-0.15, -0.1) is 0 Å². The molecule has 0 radical (unpaired) electrons. The first-order valence-electron chi connectivity index (χ1n) is 8.72. The Morgan fingerprint density at radius 3 is 2.50 bits per heavy atom. The Hall–Kier alpha value is -1.63. The lowest BCUT2D eigenvalue weighted by molar-refractivity contribution is -0.187. The van der Waals surface area contributed by atoms with E-state index in [-0.39, 0.29) is 17.9 Å². The average Bonchev–Trinajstić information content (AvgIpc) is 3.20. The number of carbonyl (C=O) groups is 1. The summed E-state index contributed by atoms with van der Waals surface area (Å²) in [6.07, 6.45) is 2.35. The van der Waals surface area contributed by atoms with Gasteiger partial charge in [-0.05, 0) is 12.0 Å². The number of carbonyl (C=O) groups excluding carboxylic acids is 1. The second kappa shape index (κ2) is 6.70. The average molecular weight is 332 g/mol. The van der Waals surface area contributed by atoms with Crippen molar-refractivity contribution in [3.8, 4) is 0 Å². The predicted molar refractivity (Wildman–Crippen MR) is 87.4 cm³/mol. The Kier molecular flexibility index (Phi) is 4.43. The van der Waals surface area contributed by atoms with E-state index in [0.29, 0.717) is 26.5 Å². The van der Waals surface area contributed by atoms with Crippen LogP contribution in [0.4, 0.5) is 4.79 Å². The van der Waals surface area contributed by atoms with Crippen molar-refractivity contribution in [3.05, 3.63) is 35.9 Å². The van der Waals surface area contributed by atoms with E-state index in [1.54, 1.807) is 0 Å². The molecule has 3 fully saturated rings. The van der Waals surface area contributed by atoms with Crippen LogP contribution in [-0.2, 0) is 20.6 Å². The smallest absolute Gasteiger partial charge is 0.411 e. The third-order valence-electron chi connectivity index (χ3n) is 5.17. The topological polar surface area (TPSA) is 51.2 Å². The lowest BCUT2D eigenvalue weighted by Crippen LogP contribution is -2.50. The first-order chi connectivity index (χ1) is 11.7. The van der Waals surface area contributed by atoms with Crippen LogP contribution < -0.4 is 0 Å². The van der Waals surface area contributed by atoms with E-state index in [1.165, 1.54) is 5.56 Å². The number of cyclic esters (lactones) is 1. The molecule has 1 spiro atoms. The summed E-state index contributed by atoms with van der Waals surface area (Å²) in [6.45, 7) is 4.23. The molecule has 1 amide bonds. The van der Waals surface area contributed by atoms with Gasteiger partial charge >= 0.3 is 6.09 Å². The minimum atomic E-state index is -0.370. The van der Waals surface area contributed by atoms with Gasteiger partial charge in [0.2, 0.25) is 0 Å². The minimum Gasteiger partial charge on any atom is -0.447 e. The van der Waals surface area contributed by atoms with Crippen molar-refractivity contribution in [2.75, 3.05) is 39.6 Å². The molecule has 3 aliphatic heterocycles. The number of nitrogens with zero attached hydrogens (tertiary/aromatic N) is 2. The van der Waals surface area contributed by atoms with Crippen LogP contribution in [0.15, 0.2) is 30.3 Å². The van der Waals surface area contributed by atoms with E-state index in [9.17, 15) is 4.79 Å². The van der Waals surface area contributed by atoms with Gasteiger partial charge in [-0.25, -0.2) is 4.79 Å². The number of rotatable bonds is 4. The van der Waals surface area contributed by atoms with Crippen LogP contribution >= 0.6 is 0 Å². The van der Waals surface area contributed by atoms with Gasteiger partial charge in [-0.2, -0.15) is 0 Å². The van der Waals surface area contributed by atoms with Crippen LogP contribution in [0.1, 0.15) is 18.4 Å². The zero-order chi connectivity index (χ0) is 16.4. The first-order valence-corrected chi connectivity index (χ1v) is 8.72. The van der Waals surface area contributed by atoms with Crippen LogP contribution in [0.3, 0.4) is 0 Å². The summed E-state index contributed by atoms with van der Waals surface area (Å²) in [5, 5.41) is 0. The van der Waals surface area contributed by atoms with Crippen LogP contribution in [-0.4, -0.2) is 67.3 Å². The van der Waals surface area contributed by atoms with E-state index in [1.807, 2.05) is 23.1 Å². The van der Waals surface area contributed by atoms with Crippen molar-refractivity contribution >= 4 is 6.09 Å². The molecule has 0 bridgehead atoms. The summed E-state index contributed by atoms with van der Waals surface area (Å²) in [4.78, 5) is 16.3. The van der Waals surface area contributed by atoms with E-state index >= 15 is 0 Å². The largest absolute Gasteiger partial charge is 0.447 e. The van der Waals surface area contributed by atoms with Crippen molar-refractivity contribution in [1.82, 2.24) is 9.80 Å². The van der Waals surface area contributed by atoms with Crippen molar-refractivity contribution in [3.63, 3.8) is 0 Å². The van der Waals surface area contributed by atoms with Gasteiger partial charge in [-0.1, -0.05) is 30.3 Å². The SMILES string of the molecule is O=C1OC[C@H](Cc2ccccc2)N1CN1CCC2(CC1)OCCO2. The molecule has 0 saturated carbocycles. The summed E-state index contributed by atoms with van der Waals surface area (Å²) >= 11 is 0. The lowest BCUT2D eigenvalue weighted by Gasteiger charge is -2.39. The van der Waals surface area contributed by atoms with Gasteiger partial charge in [0.05, 0.1) is 25.9 Å². The zero-order valence-corrected chi connectivity index (χ0v) is 13.9. The van der Waals surface area contributed by atoms with Gasteiger partial charge in [0.25, 0.3) is 0 Å². The molecule has 1 atom stereocenters. The second-order valence-electron chi connectivity index (χ2n) is 6.76. The lowest BCUT2D eigenvalue weighted by atomic mass is 10.0. The highest BCUT2D eigenvalue weighted by atomic mass is 16.7. The Morgan fingerprint density at radius 2 is 1.79 bits per heavy atom. The molecule has 6 nitrogen and oxygen atoms in total. The number of piperidine rings is 1. The molecule has 3 heterocycles. The third kappa shape index (κ3) is 3.27. The van der Waals surface area contributed by atoms with Crippen LogP contribution in [0.5, 0.6) is 0 Å². The fourth-order valence-electron chi connectivity index (χ4n) is 3.75. The number of benzene rings is 1. The molecule has 1 aromatic rings. The normalized spacial score (nSPS) is 26.9. The first kappa shape index (κ1) is 15.9. The van der Waals surface area contributed by atoms with Crippen molar-refractivity contribution in [1.29, 1.82) is 0 Å². The summed E-state index contributed by atoms with van der Waals surface area (Å²) in [6, 6.07) is 10.4. The minimum absolute atomic E-state index is 0.106. The fraction of sp³-hybridized carbons (Fsp3) is 0.611. The molecule has 1 aromatic carbocycles. The Balaban J connectivity index is 1.35. The van der Waals surface area contributed by atoms with Crippen LogP contribution in [0, 0.1) is 0 Å². The van der Waals surface area contributed by atoms with Gasteiger partial charge < -0.3 is 14.2 Å². The number of ether oxygens (including phenoxy) is 3. The predicted octanol–water partition coefficient (Wildman–Crippen LogP) is 1.85. The Morgan fingerprint density at radius 1 is 1.08 bits per heavy atom. The molecule has 24 heavy (non-hydrogen) atoms. The molecule has 4 rings (SSSR count). The highest BCUT2D eigenvalue weighted by molar-refractivity contribution is 5.70. The number of likely N-dealkylation sites (tertiary alicyclic amines) is 1. The molecule has 3 saturated heterocycles. The van der Waals surface area contributed by atoms with E-state index < -0.39 is 0 Å². The van der Waals surface area contributed by atoms with Gasteiger partial charge in [0.1, 0.15) is 6.61 Å². The summed E-state index contributed by atoms with van der Waals surface area (Å²) in [7, 11) is 0. The second-order valence-corrected chi connectivity index (χ2v) is 6.76. The maximum atomic E-state index is 12.1. The molecule has 0 unspecified atom stereocenters. The zero-order valence-electron chi connectivity index (χ0n) is 13.9. The van der Waals surface area contributed by atoms with Crippen LogP contribution in [0.25, 0.3) is 0 Å². The van der Waals surface area contributed by atoms with E-state index in [0.717, 1.165) is 32.4 Å². The van der Waals surface area contributed by atoms with Crippen molar-refractivity contribution in [2.24, 2.45) is 0 Å². The van der Waals surface area contributed by atoms with E-state index in [4.69, 9.17) is 14.2 Å². The molecular formula is C18H24N2O4. The fourth-order valence-corrected chi connectivity index (χ4v) is 3.75.